The van der Waals surface area contributed by atoms with Crippen LogP contribution in [0.15, 0.2) is 22.1 Å². The molecule has 1 aromatic rings. The predicted molar refractivity (Wildman–Crippen MR) is 83.4 cm³/mol. The third-order valence-electron chi connectivity index (χ3n) is 4.38. The highest BCUT2D eigenvalue weighted by atomic mass is 32.2. The molecule has 2 aliphatic rings. The summed E-state index contributed by atoms with van der Waals surface area (Å²) in [6, 6.07) is 0. The smallest absolute Gasteiger partial charge is 0.255 e. The van der Waals surface area contributed by atoms with E-state index in [1.165, 1.54) is 6.42 Å². The lowest BCUT2D eigenvalue weighted by molar-refractivity contribution is 0.202. The molecule has 0 aromatic carbocycles. The van der Waals surface area contributed by atoms with E-state index in [-0.39, 0.29) is 10.7 Å². The third kappa shape index (κ3) is 3.30. The van der Waals surface area contributed by atoms with Crippen LogP contribution in [-0.4, -0.2) is 42.6 Å². The fourth-order valence-corrected chi connectivity index (χ4v) is 3.74. The van der Waals surface area contributed by atoms with Gasteiger partial charge in [0.25, 0.3) is 5.56 Å². The number of nitrogens with zero attached hydrogens (tertiary/aromatic N) is 2. The van der Waals surface area contributed by atoms with Crippen LogP contribution in [0.25, 0.3) is 0 Å². The molecular weight excluding hydrogens is 302 g/mol. The monoisotopic (exact) mass is 323 g/mol. The third-order valence-corrected chi connectivity index (χ3v) is 5.27. The predicted octanol–water partition coefficient (Wildman–Crippen LogP) is 0.888. The molecule has 3 rings (SSSR count). The fraction of sp³-hybridized carbons (Fsp3) is 0.600. The Morgan fingerprint density at radius 2 is 2.23 bits per heavy atom. The maximum absolute atomic E-state index is 12.0. The van der Waals surface area contributed by atoms with Crippen molar-refractivity contribution in [3.8, 4) is 0 Å². The van der Waals surface area contributed by atoms with E-state index < -0.39 is 9.84 Å². The Balaban J connectivity index is 1.81. The first-order chi connectivity index (χ1) is 10.4. The summed E-state index contributed by atoms with van der Waals surface area (Å²) in [7, 11) is -3.50. The molecule has 0 saturated carbocycles. The first-order valence-electron chi connectivity index (χ1n) is 7.63. The van der Waals surface area contributed by atoms with Crippen molar-refractivity contribution in [3.05, 3.63) is 33.8 Å². The van der Waals surface area contributed by atoms with Gasteiger partial charge in [-0.2, -0.15) is 0 Å². The Kier molecular flexibility index (Phi) is 4.18. The zero-order chi connectivity index (χ0) is 15.7. The van der Waals surface area contributed by atoms with Gasteiger partial charge in [0.05, 0.1) is 5.69 Å². The van der Waals surface area contributed by atoms with Crippen LogP contribution in [0, 0.1) is 5.92 Å². The van der Waals surface area contributed by atoms with Crippen LogP contribution in [0.3, 0.4) is 0 Å². The van der Waals surface area contributed by atoms with E-state index in [0.717, 1.165) is 32.2 Å². The van der Waals surface area contributed by atoms with Crippen molar-refractivity contribution in [1.29, 1.82) is 0 Å². The highest BCUT2D eigenvalue weighted by Crippen LogP contribution is 2.22. The van der Waals surface area contributed by atoms with Gasteiger partial charge in [-0.05, 0) is 31.6 Å². The quantitative estimate of drug-likeness (QED) is 0.660. The minimum atomic E-state index is -3.50. The number of rotatable bonds is 3. The fourth-order valence-electron chi connectivity index (χ4n) is 3.19. The molecule has 0 spiro atoms. The second-order valence-corrected chi connectivity index (χ2v) is 8.14. The molecule has 0 amide bonds. The van der Waals surface area contributed by atoms with Crippen molar-refractivity contribution >= 4 is 9.84 Å². The lowest BCUT2D eigenvalue weighted by Gasteiger charge is -2.31. The maximum Gasteiger partial charge on any atom is 0.255 e. The van der Waals surface area contributed by atoms with Gasteiger partial charge in [-0.15, -0.1) is 0 Å². The van der Waals surface area contributed by atoms with Gasteiger partial charge in [0, 0.05) is 31.5 Å². The van der Waals surface area contributed by atoms with Crippen molar-refractivity contribution in [2.75, 3.05) is 19.3 Å². The Morgan fingerprint density at radius 3 is 2.91 bits per heavy atom. The average Bonchev–Trinajstić information content (AvgIpc) is 2.47. The largest absolute Gasteiger partial charge is 0.297 e. The molecule has 1 aromatic heterocycles. The number of aromatic amines is 1. The summed E-state index contributed by atoms with van der Waals surface area (Å²) < 4.78 is 23.2. The molecule has 1 unspecified atom stereocenters. The lowest BCUT2D eigenvalue weighted by atomic mass is 9.93. The number of allylic oxidation sites excluding steroid dienone is 2. The van der Waals surface area contributed by atoms with E-state index in [2.05, 4.69) is 27.0 Å². The molecule has 6 nitrogen and oxygen atoms in total. The van der Waals surface area contributed by atoms with Crippen LogP contribution < -0.4 is 5.56 Å². The van der Waals surface area contributed by atoms with Gasteiger partial charge in [-0.25, -0.2) is 13.4 Å². The topological polar surface area (TPSA) is 83.1 Å². The van der Waals surface area contributed by atoms with Crippen molar-refractivity contribution in [2.24, 2.45) is 5.92 Å². The van der Waals surface area contributed by atoms with Gasteiger partial charge in [-0.3, -0.25) is 14.7 Å². The number of sulfone groups is 1. The van der Waals surface area contributed by atoms with Crippen LogP contribution in [0.5, 0.6) is 0 Å². The molecule has 1 aliphatic heterocycles. The van der Waals surface area contributed by atoms with Crippen molar-refractivity contribution in [3.63, 3.8) is 0 Å². The number of hydrogen-bond acceptors (Lipinski definition) is 5. The second kappa shape index (κ2) is 5.96. The van der Waals surface area contributed by atoms with Gasteiger partial charge >= 0.3 is 0 Å². The van der Waals surface area contributed by atoms with Crippen LogP contribution in [0.4, 0.5) is 0 Å². The SMILES string of the molecule is CS(=O)(=O)c1nc2c(c(=O)[nH]1)CCN(CC1CC=CCC1)C2. The Hall–Kier alpha value is -1.47. The van der Waals surface area contributed by atoms with Crippen molar-refractivity contribution < 1.29 is 8.42 Å². The number of H-pyrrole nitrogens is 1. The molecule has 7 heteroatoms. The molecule has 22 heavy (non-hydrogen) atoms. The van der Waals surface area contributed by atoms with E-state index in [4.69, 9.17) is 0 Å². The molecule has 0 saturated heterocycles. The zero-order valence-electron chi connectivity index (χ0n) is 12.7. The molecule has 1 atom stereocenters. The summed E-state index contributed by atoms with van der Waals surface area (Å²) in [6.07, 6.45) is 9.57. The van der Waals surface area contributed by atoms with Gasteiger partial charge in [-0.1, -0.05) is 12.2 Å². The highest BCUT2D eigenvalue weighted by Gasteiger charge is 2.25. The first-order valence-corrected chi connectivity index (χ1v) is 9.52. The Labute approximate surface area is 130 Å². The molecule has 1 aliphatic carbocycles. The summed E-state index contributed by atoms with van der Waals surface area (Å²) in [5.41, 5.74) is 0.930. The van der Waals surface area contributed by atoms with Crippen LogP contribution in [-0.2, 0) is 22.8 Å². The molecule has 0 fully saturated rings. The summed E-state index contributed by atoms with van der Waals surface area (Å²) in [5, 5.41) is -0.223. The van der Waals surface area contributed by atoms with Crippen LogP contribution >= 0.6 is 0 Å². The normalized spacial score (nSPS) is 22.5. The van der Waals surface area contributed by atoms with Crippen molar-refractivity contribution in [2.45, 2.75) is 37.4 Å². The lowest BCUT2D eigenvalue weighted by Crippen LogP contribution is -2.38. The zero-order valence-corrected chi connectivity index (χ0v) is 13.5. The molecule has 2 heterocycles. The van der Waals surface area contributed by atoms with E-state index in [1.807, 2.05) is 0 Å². The van der Waals surface area contributed by atoms with Gasteiger partial charge in [0.2, 0.25) is 15.0 Å². The van der Waals surface area contributed by atoms with E-state index >= 15 is 0 Å². The van der Waals surface area contributed by atoms with Crippen LogP contribution in [0.1, 0.15) is 30.5 Å². The molecule has 120 valence electrons. The van der Waals surface area contributed by atoms with E-state index in [0.29, 0.717) is 30.1 Å². The molecule has 0 radical (unpaired) electrons. The highest BCUT2D eigenvalue weighted by molar-refractivity contribution is 7.90. The van der Waals surface area contributed by atoms with Crippen LogP contribution in [0.2, 0.25) is 0 Å². The number of nitrogens with one attached hydrogen (secondary N) is 1. The number of fused-ring (bicyclic) bond motifs is 1. The summed E-state index contributed by atoms with van der Waals surface area (Å²) in [4.78, 5) is 20.9. The minimum absolute atomic E-state index is 0.223. The average molecular weight is 323 g/mol. The Morgan fingerprint density at radius 1 is 1.41 bits per heavy atom. The van der Waals surface area contributed by atoms with E-state index in [1.54, 1.807) is 0 Å². The summed E-state index contributed by atoms with van der Waals surface area (Å²) in [5.74, 6) is 0.642. The number of hydrogen-bond donors (Lipinski definition) is 1. The molecule has 1 N–H and O–H groups in total. The molecular formula is C15H21N3O3S. The summed E-state index contributed by atoms with van der Waals surface area (Å²) in [6.45, 7) is 2.37. The van der Waals surface area contributed by atoms with Gasteiger partial charge in [0.1, 0.15) is 0 Å². The van der Waals surface area contributed by atoms with E-state index in [9.17, 15) is 13.2 Å². The standard InChI is InChI=1S/C15H21N3O3S/c1-22(20,21)15-16-13-10-18(8-7-12(13)14(19)17-15)9-11-5-3-2-4-6-11/h2-3,11H,4-10H2,1H3,(H,16,17,19). The maximum atomic E-state index is 12.0. The van der Waals surface area contributed by atoms with Gasteiger partial charge < -0.3 is 0 Å². The molecule has 0 bridgehead atoms. The first kappa shape index (κ1) is 15.4. The minimum Gasteiger partial charge on any atom is -0.297 e. The number of aromatic nitrogens is 2. The summed E-state index contributed by atoms with van der Waals surface area (Å²) >= 11 is 0. The Bertz CT molecular complexity index is 752. The van der Waals surface area contributed by atoms with Crippen molar-refractivity contribution in [1.82, 2.24) is 14.9 Å². The van der Waals surface area contributed by atoms with Gasteiger partial charge in [0.15, 0.2) is 0 Å². The second-order valence-electron chi connectivity index (χ2n) is 6.20.